The fourth-order valence-electron chi connectivity index (χ4n) is 3.22. The van der Waals surface area contributed by atoms with Gasteiger partial charge in [0.2, 0.25) is 0 Å². The first-order chi connectivity index (χ1) is 14.5. The molecule has 7 nitrogen and oxygen atoms in total. The second-order valence-corrected chi connectivity index (χ2v) is 6.52. The van der Waals surface area contributed by atoms with E-state index in [9.17, 15) is 9.18 Å². The van der Waals surface area contributed by atoms with Gasteiger partial charge in [0.05, 0.1) is 38.8 Å². The van der Waals surface area contributed by atoms with Crippen molar-refractivity contribution in [1.82, 2.24) is 15.1 Å². The van der Waals surface area contributed by atoms with Gasteiger partial charge >= 0.3 is 0 Å². The molecule has 1 aromatic heterocycles. The first-order valence-electron chi connectivity index (χ1n) is 9.36. The Bertz CT molecular complexity index is 1020. The molecule has 1 heterocycles. The molecule has 0 unspecified atom stereocenters. The summed E-state index contributed by atoms with van der Waals surface area (Å²) in [6.07, 6.45) is 1.92. The van der Waals surface area contributed by atoms with Gasteiger partial charge < -0.3 is 19.5 Å². The van der Waals surface area contributed by atoms with E-state index in [2.05, 4.69) is 10.4 Å². The number of para-hydroxylation sites is 1. The Balaban J connectivity index is 1.73. The number of hydrogen-bond acceptors (Lipinski definition) is 5. The third kappa shape index (κ3) is 4.22. The first-order valence-corrected chi connectivity index (χ1v) is 9.36. The molecule has 0 aliphatic carbocycles. The zero-order valence-corrected chi connectivity index (χ0v) is 17.4. The predicted octanol–water partition coefficient (Wildman–Crippen LogP) is 3.32. The van der Waals surface area contributed by atoms with Crippen LogP contribution >= 0.6 is 0 Å². The van der Waals surface area contributed by atoms with Crippen molar-refractivity contribution >= 4 is 5.91 Å². The second-order valence-electron chi connectivity index (χ2n) is 6.52. The van der Waals surface area contributed by atoms with Gasteiger partial charge in [-0.1, -0.05) is 12.1 Å². The maximum Gasteiger partial charge on any atom is 0.254 e. The number of benzene rings is 2. The van der Waals surface area contributed by atoms with Crippen LogP contribution in [0, 0.1) is 12.7 Å². The molecule has 2 aromatic carbocycles. The van der Waals surface area contributed by atoms with Crippen molar-refractivity contribution in [2.45, 2.75) is 13.3 Å². The predicted molar refractivity (Wildman–Crippen MR) is 110 cm³/mol. The molecule has 0 aliphatic rings. The summed E-state index contributed by atoms with van der Waals surface area (Å²) >= 11 is 0. The van der Waals surface area contributed by atoms with Gasteiger partial charge in [0.15, 0.2) is 0 Å². The van der Waals surface area contributed by atoms with Crippen LogP contribution in [0.5, 0.6) is 17.2 Å². The van der Waals surface area contributed by atoms with Gasteiger partial charge in [-0.25, -0.2) is 9.07 Å². The van der Waals surface area contributed by atoms with E-state index < -0.39 is 5.82 Å². The van der Waals surface area contributed by atoms with Gasteiger partial charge in [-0.3, -0.25) is 4.79 Å². The van der Waals surface area contributed by atoms with E-state index in [1.165, 1.54) is 16.9 Å². The molecule has 0 radical (unpaired) electrons. The highest BCUT2D eigenvalue weighted by Crippen LogP contribution is 2.34. The molecule has 3 aromatic rings. The number of ether oxygens (including phenoxy) is 3. The molecule has 158 valence electrons. The third-order valence-corrected chi connectivity index (χ3v) is 4.81. The smallest absolute Gasteiger partial charge is 0.254 e. The van der Waals surface area contributed by atoms with E-state index in [-0.39, 0.29) is 5.91 Å². The molecule has 0 aliphatic heterocycles. The minimum absolute atomic E-state index is 0.290. The molecule has 1 amide bonds. The van der Waals surface area contributed by atoms with Gasteiger partial charge in [0, 0.05) is 24.2 Å². The average Bonchev–Trinajstić information content (AvgIpc) is 3.14. The maximum absolute atomic E-state index is 14.1. The zero-order chi connectivity index (χ0) is 21.7. The molecular formula is C22H24FN3O4. The zero-order valence-electron chi connectivity index (χ0n) is 17.4. The van der Waals surface area contributed by atoms with Crippen LogP contribution in [-0.4, -0.2) is 43.6 Å². The number of amides is 1. The largest absolute Gasteiger partial charge is 0.496 e. The SMILES string of the molecule is COc1cc(OC)c(CCNC(=O)c2cnn(-c3ccccc3F)c2C)c(OC)c1. The van der Waals surface area contributed by atoms with Crippen LogP contribution in [0.25, 0.3) is 5.69 Å². The number of hydrogen-bond donors (Lipinski definition) is 1. The topological polar surface area (TPSA) is 74.6 Å². The number of nitrogens with zero attached hydrogens (tertiary/aromatic N) is 2. The molecule has 0 atom stereocenters. The van der Waals surface area contributed by atoms with E-state index in [0.29, 0.717) is 47.2 Å². The summed E-state index contributed by atoms with van der Waals surface area (Å²) in [6, 6.07) is 9.82. The Morgan fingerprint density at radius 3 is 2.37 bits per heavy atom. The van der Waals surface area contributed by atoms with E-state index in [0.717, 1.165) is 5.56 Å². The summed E-state index contributed by atoms with van der Waals surface area (Å²) in [6.45, 7) is 2.08. The van der Waals surface area contributed by atoms with Crippen molar-refractivity contribution in [3.05, 3.63) is 65.2 Å². The van der Waals surface area contributed by atoms with Crippen LogP contribution in [0.15, 0.2) is 42.6 Å². The monoisotopic (exact) mass is 413 g/mol. The Hall–Kier alpha value is -3.55. The molecule has 0 saturated heterocycles. The summed E-state index contributed by atoms with van der Waals surface area (Å²) in [4.78, 5) is 12.7. The lowest BCUT2D eigenvalue weighted by molar-refractivity contribution is 0.0953. The van der Waals surface area contributed by atoms with Crippen LogP contribution < -0.4 is 19.5 Å². The molecule has 30 heavy (non-hydrogen) atoms. The van der Waals surface area contributed by atoms with Gasteiger partial charge in [0.1, 0.15) is 28.8 Å². The first kappa shape index (κ1) is 21.2. The molecule has 0 spiro atoms. The summed E-state index contributed by atoms with van der Waals surface area (Å²) in [5, 5.41) is 7.04. The summed E-state index contributed by atoms with van der Waals surface area (Å²) < 4.78 is 31.6. The van der Waals surface area contributed by atoms with E-state index in [1.807, 2.05) is 0 Å². The normalized spacial score (nSPS) is 10.6. The lowest BCUT2D eigenvalue weighted by Gasteiger charge is -2.15. The van der Waals surface area contributed by atoms with Gasteiger partial charge in [-0.15, -0.1) is 0 Å². The van der Waals surface area contributed by atoms with Crippen LogP contribution in [-0.2, 0) is 6.42 Å². The number of halogens is 1. The lowest BCUT2D eigenvalue weighted by Crippen LogP contribution is -2.26. The van der Waals surface area contributed by atoms with Crippen molar-refractivity contribution in [1.29, 1.82) is 0 Å². The second kappa shape index (κ2) is 9.30. The van der Waals surface area contributed by atoms with E-state index in [1.54, 1.807) is 58.6 Å². The van der Waals surface area contributed by atoms with E-state index in [4.69, 9.17) is 14.2 Å². The third-order valence-electron chi connectivity index (χ3n) is 4.81. The van der Waals surface area contributed by atoms with Crippen molar-refractivity contribution in [2.24, 2.45) is 0 Å². The molecule has 0 saturated carbocycles. The standard InChI is InChI=1S/C22H24FN3O4/c1-14-17(13-25-26(14)19-8-6-5-7-18(19)23)22(27)24-10-9-16-20(29-3)11-15(28-2)12-21(16)30-4/h5-8,11-13H,9-10H2,1-4H3,(H,24,27). The number of methoxy groups -OCH3 is 3. The Labute approximate surface area is 174 Å². The van der Waals surface area contributed by atoms with Crippen molar-refractivity contribution in [3.63, 3.8) is 0 Å². The summed E-state index contributed by atoms with van der Waals surface area (Å²) in [5.41, 5.74) is 2.05. The van der Waals surface area contributed by atoms with Crippen LogP contribution in [0.1, 0.15) is 21.6 Å². The average molecular weight is 413 g/mol. The lowest BCUT2D eigenvalue weighted by atomic mass is 10.1. The van der Waals surface area contributed by atoms with Crippen LogP contribution in [0.3, 0.4) is 0 Å². The molecule has 3 rings (SSSR count). The molecule has 0 bridgehead atoms. The van der Waals surface area contributed by atoms with Crippen LogP contribution in [0.2, 0.25) is 0 Å². The maximum atomic E-state index is 14.1. The Kier molecular flexibility index (Phi) is 6.56. The minimum Gasteiger partial charge on any atom is -0.496 e. The highest BCUT2D eigenvalue weighted by Gasteiger charge is 2.18. The Morgan fingerprint density at radius 1 is 1.10 bits per heavy atom. The fourth-order valence-corrected chi connectivity index (χ4v) is 3.22. The number of nitrogens with one attached hydrogen (secondary N) is 1. The Morgan fingerprint density at radius 2 is 1.77 bits per heavy atom. The number of carbonyl (C=O) groups is 1. The molecule has 8 heteroatoms. The summed E-state index contributed by atoms with van der Waals surface area (Å²) in [5.74, 6) is 1.15. The number of carbonyl (C=O) groups excluding carboxylic acids is 1. The van der Waals surface area contributed by atoms with Crippen LogP contribution in [0.4, 0.5) is 4.39 Å². The fraction of sp³-hybridized carbons (Fsp3) is 0.273. The van der Waals surface area contributed by atoms with Crippen molar-refractivity contribution < 1.29 is 23.4 Å². The molecular weight excluding hydrogens is 389 g/mol. The molecule has 0 fully saturated rings. The van der Waals surface area contributed by atoms with Gasteiger partial charge in [-0.2, -0.15) is 5.10 Å². The van der Waals surface area contributed by atoms with Gasteiger partial charge in [-0.05, 0) is 25.5 Å². The number of rotatable bonds is 8. The highest BCUT2D eigenvalue weighted by molar-refractivity contribution is 5.95. The van der Waals surface area contributed by atoms with Crippen molar-refractivity contribution in [2.75, 3.05) is 27.9 Å². The minimum atomic E-state index is -0.408. The number of aromatic nitrogens is 2. The molecule has 1 N–H and O–H groups in total. The highest BCUT2D eigenvalue weighted by atomic mass is 19.1. The van der Waals surface area contributed by atoms with E-state index >= 15 is 0 Å². The summed E-state index contributed by atoms with van der Waals surface area (Å²) in [7, 11) is 4.70. The van der Waals surface area contributed by atoms with Gasteiger partial charge in [0.25, 0.3) is 5.91 Å². The quantitative estimate of drug-likeness (QED) is 0.613. The van der Waals surface area contributed by atoms with Crippen molar-refractivity contribution in [3.8, 4) is 22.9 Å².